The molecule has 0 saturated carbocycles. The highest BCUT2D eigenvalue weighted by Gasteiger charge is 2.29. The van der Waals surface area contributed by atoms with Crippen LogP contribution < -0.4 is 20.1 Å². The van der Waals surface area contributed by atoms with E-state index in [9.17, 15) is 14.7 Å². The monoisotopic (exact) mass is 508 g/mol. The first kappa shape index (κ1) is 26.0. The second-order valence-corrected chi connectivity index (χ2v) is 9.01. The van der Waals surface area contributed by atoms with E-state index in [4.69, 9.17) is 14.0 Å². The summed E-state index contributed by atoms with van der Waals surface area (Å²) in [5.41, 5.74) is 2.70. The number of hydrogen-bond donors (Lipinski definition) is 3. The number of ether oxygens (including phenoxy) is 2. The number of benzene rings is 2. The Labute approximate surface area is 215 Å². The number of anilines is 1. The first-order valence-corrected chi connectivity index (χ1v) is 12.2. The first-order valence-electron chi connectivity index (χ1n) is 12.2. The van der Waals surface area contributed by atoms with E-state index < -0.39 is 12.1 Å². The Morgan fingerprint density at radius 2 is 1.95 bits per heavy atom. The number of amides is 3. The number of likely N-dealkylation sites (tertiary alicyclic amines) is 1. The van der Waals surface area contributed by atoms with Gasteiger partial charge in [0.2, 0.25) is 0 Å². The van der Waals surface area contributed by atoms with Crippen LogP contribution in [0.3, 0.4) is 0 Å². The third kappa shape index (κ3) is 6.59. The number of nitrogens with one attached hydrogen (secondary N) is 2. The van der Waals surface area contributed by atoms with Gasteiger partial charge in [-0.3, -0.25) is 4.79 Å². The van der Waals surface area contributed by atoms with Gasteiger partial charge in [0.05, 0.1) is 30.5 Å². The number of carbonyl (C=O) groups is 2. The molecule has 0 spiro atoms. The fraction of sp³-hybridized carbons (Fsp3) is 0.370. The molecule has 196 valence electrons. The van der Waals surface area contributed by atoms with Crippen LogP contribution in [0.1, 0.15) is 40.2 Å². The lowest BCUT2D eigenvalue weighted by Crippen LogP contribution is -2.50. The Kier molecular flexibility index (Phi) is 8.29. The molecule has 0 aliphatic carbocycles. The van der Waals surface area contributed by atoms with Gasteiger partial charge >= 0.3 is 6.03 Å². The largest absolute Gasteiger partial charge is 0.497 e. The molecule has 37 heavy (non-hydrogen) atoms. The Bertz CT molecular complexity index is 1210. The summed E-state index contributed by atoms with van der Waals surface area (Å²) in [6, 6.07) is 12.9. The van der Waals surface area contributed by atoms with Crippen molar-refractivity contribution in [3.63, 3.8) is 0 Å². The lowest BCUT2D eigenvalue weighted by Gasteiger charge is -2.27. The van der Waals surface area contributed by atoms with Crippen molar-refractivity contribution in [2.45, 2.75) is 45.4 Å². The zero-order valence-corrected chi connectivity index (χ0v) is 21.2. The molecule has 1 aliphatic rings. The highest BCUT2D eigenvalue weighted by molar-refractivity contribution is 5.94. The molecule has 10 nitrogen and oxygen atoms in total. The summed E-state index contributed by atoms with van der Waals surface area (Å²) < 4.78 is 16.2. The Hall–Kier alpha value is -4.05. The van der Waals surface area contributed by atoms with E-state index in [1.54, 1.807) is 60.5 Å². The lowest BCUT2D eigenvalue weighted by molar-refractivity contribution is 0.0811. The molecule has 0 radical (unpaired) electrons. The number of urea groups is 1. The number of aromatic nitrogens is 1. The number of aryl methyl sites for hydroxylation is 2. The molecular weight excluding hydrogens is 476 g/mol. The van der Waals surface area contributed by atoms with Gasteiger partial charge in [0.1, 0.15) is 23.9 Å². The molecule has 1 saturated heterocycles. The van der Waals surface area contributed by atoms with Crippen molar-refractivity contribution in [1.82, 2.24) is 15.4 Å². The minimum atomic E-state index is -0.767. The van der Waals surface area contributed by atoms with E-state index in [1.165, 1.54) is 0 Å². The SMILES string of the molecule is COc1cccc(NC(=O)N2CCC[C@@H](O)[C@@H](NC(=O)c3ccc(OCc4c(C)noc4C)cc3)C2)c1. The molecule has 3 amide bonds. The Balaban J connectivity index is 1.35. The highest BCUT2D eigenvalue weighted by Crippen LogP contribution is 2.20. The van der Waals surface area contributed by atoms with Crippen molar-refractivity contribution in [3.05, 3.63) is 71.1 Å². The average molecular weight is 509 g/mol. The zero-order chi connectivity index (χ0) is 26.4. The summed E-state index contributed by atoms with van der Waals surface area (Å²) in [5, 5.41) is 20.3. The van der Waals surface area contributed by atoms with Gasteiger partial charge in [-0.25, -0.2) is 4.79 Å². The Morgan fingerprint density at radius 3 is 2.65 bits per heavy atom. The number of hydrogen-bond acceptors (Lipinski definition) is 7. The third-order valence-corrected chi connectivity index (χ3v) is 6.42. The van der Waals surface area contributed by atoms with Crippen LogP contribution in [0.25, 0.3) is 0 Å². The number of aliphatic hydroxyl groups is 1. The van der Waals surface area contributed by atoms with Gasteiger partial charge in [0.25, 0.3) is 5.91 Å². The van der Waals surface area contributed by atoms with Crippen LogP contribution in [0.2, 0.25) is 0 Å². The first-order chi connectivity index (χ1) is 17.8. The van der Waals surface area contributed by atoms with E-state index in [2.05, 4.69) is 15.8 Å². The molecule has 1 fully saturated rings. The van der Waals surface area contributed by atoms with Crippen molar-refractivity contribution in [3.8, 4) is 11.5 Å². The predicted octanol–water partition coefficient (Wildman–Crippen LogP) is 3.67. The molecule has 2 atom stereocenters. The maximum atomic E-state index is 12.9. The van der Waals surface area contributed by atoms with Crippen molar-refractivity contribution in [2.75, 3.05) is 25.5 Å². The molecule has 4 rings (SSSR count). The van der Waals surface area contributed by atoms with Crippen molar-refractivity contribution < 1.29 is 28.7 Å². The number of carbonyl (C=O) groups excluding carboxylic acids is 2. The van der Waals surface area contributed by atoms with E-state index in [0.717, 1.165) is 11.3 Å². The molecule has 10 heteroatoms. The topological polar surface area (TPSA) is 126 Å². The van der Waals surface area contributed by atoms with Crippen LogP contribution in [0, 0.1) is 13.8 Å². The van der Waals surface area contributed by atoms with Gasteiger partial charge in [-0.05, 0) is 63.1 Å². The Morgan fingerprint density at radius 1 is 1.16 bits per heavy atom. The molecular formula is C27H32N4O6. The van der Waals surface area contributed by atoms with Gasteiger partial charge in [0, 0.05) is 30.4 Å². The molecule has 3 N–H and O–H groups in total. The van der Waals surface area contributed by atoms with E-state index in [0.29, 0.717) is 54.5 Å². The second-order valence-electron chi connectivity index (χ2n) is 9.01. The molecule has 1 aromatic heterocycles. The summed E-state index contributed by atoms with van der Waals surface area (Å²) in [7, 11) is 1.56. The van der Waals surface area contributed by atoms with Gasteiger partial charge in [0.15, 0.2) is 0 Å². The van der Waals surface area contributed by atoms with Crippen LogP contribution in [-0.4, -0.2) is 59.4 Å². The molecule has 1 aliphatic heterocycles. The molecule has 2 aromatic carbocycles. The summed E-state index contributed by atoms with van der Waals surface area (Å²) >= 11 is 0. The van der Waals surface area contributed by atoms with Crippen LogP contribution in [0.5, 0.6) is 11.5 Å². The summed E-state index contributed by atoms with van der Waals surface area (Å²) in [5.74, 6) is 1.61. The predicted molar refractivity (Wildman–Crippen MR) is 137 cm³/mol. The number of rotatable bonds is 7. The standard InChI is InChI=1S/C27H32N4O6/c1-17-23(18(2)37-30-17)16-36-21-11-9-19(10-12-21)26(33)29-24-15-31(13-5-8-25(24)32)27(34)28-20-6-4-7-22(14-20)35-3/h4,6-7,9-12,14,24-25,32H,5,8,13,15-16H2,1-3H3,(H,28,34)(H,29,33)/t24-,25+/m0/s1. The van der Waals surface area contributed by atoms with E-state index >= 15 is 0 Å². The zero-order valence-electron chi connectivity index (χ0n) is 21.2. The van der Waals surface area contributed by atoms with Gasteiger partial charge in [-0.1, -0.05) is 11.2 Å². The van der Waals surface area contributed by atoms with Gasteiger partial charge in [-0.2, -0.15) is 0 Å². The summed E-state index contributed by atoms with van der Waals surface area (Å²) in [6.07, 6.45) is 0.328. The third-order valence-electron chi connectivity index (χ3n) is 6.42. The van der Waals surface area contributed by atoms with Crippen LogP contribution in [0.15, 0.2) is 53.1 Å². The van der Waals surface area contributed by atoms with Crippen LogP contribution in [0.4, 0.5) is 10.5 Å². The van der Waals surface area contributed by atoms with Crippen molar-refractivity contribution >= 4 is 17.6 Å². The van der Waals surface area contributed by atoms with Gasteiger partial charge in [-0.15, -0.1) is 0 Å². The highest BCUT2D eigenvalue weighted by atomic mass is 16.5. The van der Waals surface area contributed by atoms with E-state index in [-0.39, 0.29) is 18.5 Å². The minimum Gasteiger partial charge on any atom is -0.497 e. The molecule has 0 unspecified atom stereocenters. The maximum Gasteiger partial charge on any atom is 0.321 e. The molecule has 0 bridgehead atoms. The summed E-state index contributed by atoms with van der Waals surface area (Å²) in [4.78, 5) is 27.5. The molecule has 2 heterocycles. The normalized spacial score (nSPS) is 17.6. The number of aliphatic hydroxyl groups excluding tert-OH is 1. The van der Waals surface area contributed by atoms with Gasteiger partial charge < -0.3 is 34.6 Å². The minimum absolute atomic E-state index is 0.182. The molecule has 3 aromatic rings. The van der Waals surface area contributed by atoms with Crippen LogP contribution in [-0.2, 0) is 6.61 Å². The average Bonchev–Trinajstić information content (AvgIpc) is 3.10. The van der Waals surface area contributed by atoms with Crippen molar-refractivity contribution in [2.24, 2.45) is 0 Å². The smallest absolute Gasteiger partial charge is 0.321 e. The lowest BCUT2D eigenvalue weighted by atomic mass is 10.1. The van der Waals surface area contributed by atoms with Crippen molar-refractivity contribution in [1.29, 1.82) is 0 Å². The second kappa shape index (κ2) is 11.8. The number of methoxy groups -OCH3 is 1. The summed E-state index contributed by atoms with van der Waals surface area (Å²) in [6.45, 7) is 4.65. The van der Waals surface area contributed by atoms with Crippen LogP contribution >= 0.6 is 0 Å². The fourth-order valence-corrected chi connectivity index (χ4v) is 4.19. The quantitative estimate of drug-likeness (QED) is 0.445. The maximum absolute atomic E-state index is 12.9. The van der Waals surface area contributed by atoms with E-state index in [1.807, 2.05) is 13.8 Å². The fourth-order valence-electron chi connectivity index (χ4n) is 4.19. The number of nitrogens with zero attached hydrogens (tertiary/aromatic N) is 2.